The highest BCUT2D eigenvalue weighted by Crippen LogP contribution is 1.89. The molecule has 50 valence electrons. The van der Waals surface area contributed by atoms with Gasteiger partial charge in [-0.25, -0.2) is 8.42 Å². The molecule has 0 aliphatic rings. The number of hydrogen-bond acceptors (Lipinski definition) is 3. The van der Waals surface area contributed by atoms with Gasteiger partial charge in [0.15, 0.2) is 0 Å². The predicted molar refractivity (Wildman–Crippen MR) is 29.0 cm³/mol. The van der Waals surface area contributed by atoms with Crippen LogP contribution in [0.5, 0.6) is 0 Å². The summed E-state index contributed by atoms with van der Waals surface area (Å²) in [5, 5.41) is 8.33. The number of sulfonamides is 1. The first kappa shape index (κ1) is 7.87. The first-order chi connectivity index (χ1) is 3.50. The lowest BCUT2D eigenvalue weighted by atomic mass is 11.0. The van der Waals surface area contributed by atoms with Crippen LogP contribution in [0.25, 0.3) is 0 Å². The summed E-state index contributed by atoms with van der Waals surface area (Å²) in [6, 6.07) is 0. The van der Waals surface area contributed by atoms with Gasteiger partial charge in [-0.3, -0.25) is 5.21 Å². The summed E-state index contributed by atoms with van der Waals surface area (Å²) in [7, 11) is -2.27. The van der Waals surface area contributed by atoms with Gasteiger partial charge in [-0.05, 0) is 6.92 Å². The Labute approximate surface area is 48.7 Å². The normalized spacial score (nSPS) is 12.5. The van der Waals surface area contributed by atoms with E-state index in [1.54, 1.807) is 0 Å². The van der Waals surface area contributed by atoms with Gasteiger partial charge in [0.05, 0.1) is 5.75 Å². The summed E-state index contributed by atoms with van der Waals surface area (Å²) in [5.74, 6) is -0.0694. The van der Waals surface area contributed by atoms with E-state index in [2.05, 4.69) is 0 Å². The van der Waals surface area contributed by atoms with Crippen LogP contribution in [0.15, 0.2) is 0 Å². The summed E-state index contributed by atoms with van der Waals surface area (Å²) < 4.78 is 21.0. The molecule has 0 fully saturated rings. The lowest BCUT2D eigenvalue weighted by molar-refractivity contribution is 0.0312. The van der Waals surface area contributed by atoms with Crippen molar-refractivity contribution in [1.29, 1.82) is 0 Å². The number of hydroxylamine groups is 1. The zero-order valence-corrected chi connectivity index (χ0v) is 5.64. The zero-order valence-electron chi connectivity index (χ0n) is 4.83. The van der Waals surface area contributed by atoms with Crippen molar-refractivity contribution in [2.45, 2.75) is 6.92 Å². The second-order valence-corrected chi connectivity index (χ2v) is 3.60. The third kappa shape index (κ3) is 1.77. The minimum Gasteiger partial charge on any atom is -0.300 e. The van der Waals surface area contributed by atoms with Crippen LogP contribution >= 0.6 is 0 Å². The summed E-state index contributed by atoms with van der Waals surface area (Å²) in [6.07, 6.45) is 0. The second kappa shape index (κ2) is 2.43. The minimum absolute atomic E-state index is 0.0694. The quantitative estimate of drug-likeness (QED) is 0.532. The molecule has 0 saturated carbocycles. The van der Waals surface area contributed by atoms with Gasteiger partial charge in [-0.2, -0.15) is 0 Å². The van der Waals surface area contributed by atoms with E-state index in [0.29, 0.717) is 0 Å². The summed E-state index contributed by atoms with van der Waals surface area (Å²) >= 11 is 0. The molecule has 0 aliphatic heterocycles. The van der Waals surface area contributed by atoms with Gasteiger partial charge < -0.3 is 0 Å². The Morgan fingerprint density at radius 2 is 2.00 bits per heavy atom. The Bertz CT molecular complexity index is 148. The molecule has 0 spiro atoms. The van der Waals surface area contributed by atoms with Gasteiger partial charge in [-0.1, -0.05) is 4.47 Å². The van der Waals surface area contributed by atoms with E-state index in [1.807, 2.05) is 0 Å². The molecular formula is C3H9NO3S. The van der Waals surface area contributed by atoms with Crippen LogP contribution < -0.4 is 0 Å². The SMILES string of the molecule is CCS(=O)(=O)N(C)O. The Kier molecular flexibility index (Phi) is 2.39. The topological polar surface area (TPSA) is 57.6 Å². The van der Waals surface area contributed by atoms with Gasteiger partial charge in [-0.15, -0.1) is 0 Å². The first-order valence-corrected chi connectivity index (χ1v) is 3.77. The molecular weight excluding hydrogens is 130 g/mol. The molecule has 4 nitrogen and oxygen atoms in total. The molecule has 0 aliphatic carbocycles. The molecule has 8 heavy (non-hydrogen) atoms. The fourth-order valence-corrected chi connectivity index (χ4v) is 0.561. The highest BCUT2D eigenvalue weighted by atomic mass is 32.2. The molecule has 0 bridgehead atoms. The lowest BCUT2D eigenvalue weighted by Gasteiger charge is -2.04. The highest BCUT2D eigenvalue weighted by Gasteiger charge is 2.10. The maximum atomic E-state index is 10.4. The monoisotopic (exact) mass is 139 g/mol. The third-order valence-corrected chi connectivity index (χ3v) is 2.30. The Morgan fingerprint density at radius 1 is 1.62 bits per heavy atom. The average molecular weight is 139 g/mol. The molecule has 0 aromatic heterocycles. The van der Waals surface area contributed by atoms with Crippen molar-refractivity contribution in [3.05, 3.63) is 0 Å². The van der Waals surface area contributed by atoms with Crippen molar-refractivity contribution in [2.75, 3.05) is 12.8 Å². The Balaban J connectivity index is 4.17. The van der Waals surface area contributed by atoms with E-state index in [0.717, 1.165) is 7.05 Å². The largest absolute Gasteiger partial charge is 0.300 e. The zero-order chi connectivity index (χ0) is 6.78. The van der Waals surface area contributed by atoms with Crippen molar-refractivity contribution < 1.29 is 13.6 Å². The summed E-state index contributed by atoms with van der Waals surface area (Å²) in [5.41, 5.74) is 0. The van der Waals surface area contributed by atoms with Gasteiger partial charge in [0, 0.05) is 7.05 Å². The van der Waals surface area contributed by atoms with Crippen molar-refractivity contribution in [3.8, 4) is 0 Å². The maximum Gasteiger partial charge on any atom is 0.235 e. The minimum atomic E-state index is -3.35. The fourth-order valence-electron chi connectivity index (χ4n) is 0.187. The summed E-state index contributed by atoms with van der Waals surface area (Å²) in [6.45, 7) is 1.46. The van der Waals surface area contributed by atoms with E-state index < -0.39 is 10.0 Å². The molecule has 0 rings (SSSR count). The van der Waals surface area contributed by atoms with E-state index in [1.165, 1.54) is 6.92 Å². The number of nitrogens with zero attached hydrogens (tertiary/aromatic N) is 1. The van der Waals surface area contributed by atoms with Crippen LogP contribution in [-0.4, -0.2) is 30.9 Å². The van der Waals surface area contributed by atoms with Crippen molar-refractivity contribution >= 4 is 10.0 Å². The van der Waals surface area contributed by atoms with E-state index in [9.17, 15) is 8.42 Å². The molecule has 0 aromatic rings. The molecule has 0 heterocycles. The number of hydrogen-bond donors (Lipinski definition) is 1. The standard InChI is InChI=1S/C3H9NO3S/c1-3-8(6,7)4(2)5/h5H,3H2,1-2H3. The lowest BCUT2D eigenvalue weighted by Crippen LogP contribution is -2.24. The van der Waals surface area contributed by atoms with Crippen LogP contribution in [0.2, 0.25) is 0 Å². The van der Waals surface area contributed by atoms with E-state index >= 15 is 0 Å². The van der Waals surface area contributed by atoms with Crippen LogP contribution in [0.1, 0.15) is 6.92 Å². The molecule has 0 atom stereocenters. The summed E-state index contributed by atoms with van der Waals surface area (Å²) in [4.78, 5) is 0. The van der Waals surface area contributed by atoms with Crippen LogP contribution in [0.4, 0.5) is 0 Å². The Hall–Kier alpha value is -0.130. The van der Waals surface area contributed by atoms with Crippen molar-refractivity contribution in [1.82, 2.24) is 4.47 Å². The fraction of sp³-hybridized carbons (Fsp3) is 1.00. The van der Waals surface area contributed by atoms with Crippen molar-refractivity contribution in [3.63, 3.8) is 0 Å². The molecule has 0 amide bonds. The smallest absolute Gasteiger partial charge is 0.235 e. The van der Waals surface area contributed by atoms with Gasteiger partial charge in [0.25, 0.3) is 0 Å². The van der Waals surface area contributed by atoms with Gasteiger partial charge in [0.1, 0.15) is 0 Å². The average Bonchev–Trinajstić information content (AvgIpc) is 1.67. The highest BCUT2D eigenvalue weighted by molar-refractivity contribution is 7.88. The van der Waals surface area contributed by atoms with Crippen LogP contribution in [-0.2, 0) is 10.0 Å². The second-order valence-electron chi connectivity index (χ2n) is 1.33. The van der Waals surface area contributed by atoms with Crippen LogP contribution in [0.3, 0.4) is 0 Å². The molecule has 0 aromatic carbocycles. The molecule has 0 radical (unpaired) electrons. The maximum absolute atomic E-state index is 10.4. The van der Waals surface area contributed by atoms with E-state index in [4.69, 9.17) is 5.21 Å². The number of rotatable bonds is 2. The molecule has 0 saturated heterocycles. The van der Waals surface area contributed by atoms with Gasteiger partial charge >= 0.3 is 0 Å². The van der Waals surface area contributed by atoms with Crippen LogP contribution in [0, 0.1) is 0 Å². The predicted octanol–water partition coefficient (Wildman–Crippen LogP) is -0.343. The van der Waals surface area contributed by atoms with E-state index in [-0.39, 0.29) is 10.2 Å². The van der Waals surface area contributed by atoms with Gasteiger partial charge in [0.2, 0.25) is 10.0 Å². The molecule has 0 unspecified atom stereocenters. The van der Waals surface area contributed by atoms with Crippen molar-refractivity contribution in [2.24, 2.45) is 0 Å². The third-order valence-electron chi connectivity index (χ3n) is 0.767. The molecule has 5 heteroatoms. The molecule has 1 N–H and O–H groups in total. The first-order valence-electron chi connectivity index (χ1n) is 2.16. The Morgan fingerprint density at radius 3 is 2.00 bits per heavy atom.